The zero-order chi connectivity index (χ0) is 16.4. The number of hydrogen-bond donors (Lipinski definition) is 1. The highest BCUT2D eigenvalue weighted by atomic mass is 16.5. The molecule has 118 valence electrons. The minimum absolute atomic E-state index is 0.446. The molecule has 24 heavy (non-hydrogen) atoms. The van der Waals surface area contributed by atoms with Gasteiger partial charge in [-0.25, -0.2) is 15.0 Å². The summed E-state index contributed by atoms with van der Waals surface area (Å²) in [5, 5.41) is 7.28. The molecule has 0 aromatic carbocycles. The van der Waals surface area contributed by atoms with Gasteiger partial charge in [0.25, 0.3) is 0 Å². The molecule has 0 aliphatic carbocycles. The van der Waals surface area contributed by atoms with E-state index in [4.69, 9.17) is 4.52 Å². The van der Waals surface area contributed by atoms with Crippen LogP contribution in [0.4, 0.5) is 5.82 Å². The molecule has 0 bridgehead atoms. The van der Waals surface area contributed by atoms with Gasteiger partial charge in [0.15, 0.2) is 11.6 Å². The standard InChI is InChI=1S/C17H14N6O/c1-11-5-6-14-16(22-11)17(21-10-20-14)19-9-12-8-15(23-24-12)13-4-2-3-7-18-13/h2-8,10H,9H2,1H3,(H,19,20,21). The zero-order valence-corrected chi connectivity index (χ0v) is 13.0. The van der Waals surface area contributed by atoms with Gasteiger partial charge < -0.3 is 9.84 Å². The lowest BCUT2D eigenvalue weighted by molar-refractivity contribution is 0.390. The highest BCUT2D eigenvalue weighted by molar-refractivity contribution is 5.84. The molecule has 0 saturated carbocycles. The van der Waals surface area contributed by atoms with E-state index in [1.54, 1.807) is 6.20 Å². The van der Waals surface area contributed by atoms with Crippen LogP contribution in [0.15, 0.2) is 53.4 Å². The number of nitrogens with one attached hydrogen (secondary N) is 1. The summed E-state index contributed by atoms with van der Waals surface area (Å²) in [6.07, 6.45) is 3.24. The summed E-state index contributed by atoms with van der Waals surface area (Å²) < 4.78 is 5.36. The van der Waals surface area contributed by atoms with E-state index in [1.165, 1.54) is 6.33 Å². The SMILES string of the molecule is Cc1ccc2ncnc(NCc3cc(-c4ccccn4)no3)c2n1. The summed E-state index contributed by atoms with van der Waals surface area (Å²) in [5.74, 6) is 1.36. The Kier molecular flexibility index (Phi) is 3.59. The first-order valence-electron chi connectivity index (χ1n) is 7.49. The van der Waals surface area contributed by atoms with Crippen LogP contribution in [0.25, 0.3) is 22.4 Å². The Morgan fingerprint density at radius 2 is 2.00 bits per heavy atom. The molecule has 0 aliphatic rings. The van der Waals surface area contributed by atoms with E-state index in [1.807, 2.05) is 43.3 Å². The van der Waals surface area contributed by atoms with Crippen molar-refractivity contribution >= 4 is 16.9 Å². The van der Waals surface area contributed by atoms with Crippen LogP contribution in [-0.4, -0.2) is 25.1 Å². The molecule has 0 unspecified atom stereocenters. The maximum Gasteiger partial charge on any atom is 0.156 e. The third kappa shape index (κ3) is 2.79. The third-order valence-electron chi connectivity index (χ3n) is 3.54. The predicted molar refractivity (Wildman–Crippen MR) is 89.1 cm³/mol. The number of aromatic nitrogens is 5. The Balaban J connectivity index is 1.56. The average molecular weight is 318 g/mol. The van der Waals surface area contributed by atoms with Gasteiger partial charge in [-0.05, 0) is 31.2 Å². The number of aryl methyl sites for hydroxylation is 1. The number of nitrogens with zero attached hydrogens (tertiary/aromatic N) is 5. The van der Waals surface area contributed by atoms with Crippen molar-refractivity contribution < 1.29 is 4.52 Å². The lowest BCUT2D eigenvalue weighted by Crippen LogP contribution is -2.03. The molecule has 4 aromatic rings. The number of pyridine rings is 2. The summed E-state index contributed by atoms with van der Waals surface area (Å²) in [4.78, 5) is 17.2. The van der Waals surface area contributed by atoms with Crippen molar-refractivity contribution in [3.8, 4) is 11.4 Å². The molecule has 0 fully saturated rings. The lowest BCUT2D eigenvalue weighted by atomic mass is 10.2. The first kappa shape index (κ1) is 14.3. The Labute approximate surface area is 137 Å². The highest BCUT2D eigenvalue weighted by Crippen LogP contribution is 2.20. The van der Waals surface area contributed by atoms with Crippen molar-refractivity contribution in [2.75, 3.05) is 5.32 Å². The van der Waals surface area contributed by atoms with E-state index in [9.17, 15) is 0 Å². The first-order valence-corrected chi connectivity index (χ1v) is 7.49. The fourth-order valence-corrected chi connectivity index (χ4v) is 2.37. The predicted octanol–water partition coefficient (Wildman–Crippen LogP) is 3.00. The number of anilines is 1. The normalized spacial score (nSPS) is 10.9. The maximum absolute atomic E-state index is 5.36. The molecule has 4 rings (SSSR count). The van der Waals surface area contributed by atoms with E-state index in [0.717, 1.165) is 22.4 Å². The maximum atomic E-state index is 5.36. The molecular formula is C17H14N6O. The number of rotatable bonds is 4. The van der Waals surface area contributed by atoms with Gasteiger partial charge in [0.2, 0.25) is 0 Å². The van der Waals surface area contributed by atoms with Crippen LogP contribution in [0, 0.1) is 6.92 Å². The van der Waals surface area contributed by atoms with Gasteiger partial charge in [0, 0.05) is 18.0 Å². The molecule has 4 heterocycles. The lowest BCUT2D eigenvalue weighted by Gasteiger charge is -2.06. The van der Waals surface area contributed by atoms with Crippen LogP contribution >= 0.6 is 0 Å². The molecule has 0 amide bonds. The van der Waals surface area contributed by atoms with Gasteiger partial charge in [-0.15, -0.1) is 0 Å². The molecule has 0 radical (unpaired) electrons. The molecule has 0 spiro atoms. The van der Waals surface area contributed by atoms with Crippen molar-refractivity contribution in [1.29, 1.82) is 0 Å². The van der Waals surface area contributed by atoms with Crippen LogP contribution in [0.1, 0.15) is 11.5 Å². The largest absolute Gasteiger partial charge is 0.361 e. The second kappa shape index (κ2) is 6.04. The first-order chi connectivity index (χ1) is 11.8. The summed E-state index contributed by atoms with van der Waals surface area (Å²) >= 11 is 0. The summed E-state index contributed by atoms with van der Waals surface area (Å²) in [5.41, 5.74) is 3.93. The minimum atomic E-state index is 0.446. The Morgan fingerprint density at radius 3 is 2.88 bits per heavy atom. The van der Waals surface area contributed by atoms with E-state index >= 15 is 0 Å². The number of hydrogen-bond acceptors (Lipinski definition) is 7. The van der Waals surface area contributed by atoms with Crippen molar-refractivity contribution in [3.05, 3.63) is 60.4 Å². The van der Waals surface area contributed by atoms with Gasteiger partial charge in [-0.3, -0.25) is 4.98 Å². The van der Waals surface area contributed by atoms with E-state index < -0.39 is 0 Å². The van der Waals surface area contributed by atoms with Gasteiger partial charge >= 0.3 is 0 Å². The van der Waals surface area contributed by atoms with Crippen LogP contribution < -0.4 is 5.32 Å². The molecule has 1 N–H and O–H groups in total. The smallest absolute Gasteiger partial charge is 0.156 e. The topological polar surface area (TPSA) is 89.6 Å². The van der Waals surface area contributed by atoms with Crippen molar-refractivity contribution in [2.45, 2.75) is 13.5 Å². The summed E-state index contributed by atoms with van der Waals surface area (Å²) in [6.45, 7) is 2.38. The van der Waals surface area contributed by atoms with E-state index in [0.29, 0.717) is 23.8 Å². The average Bonchev–Trinajstić information content (AvgIpc) is 3.10. The van der Waals surface area contributed by atoms with Crippen LogP contribution in [-0.2, 0) is 6.54 Å². The van der Waals surface area contributed by atoms with Gasteiger partial charge in [-0.1, -0.05) is 11.2 Å². The third-order valence-corrected chi connectivity index (χ3v) is 3.54. The molecule has 7 heteroatoms. The van der Waals surface area contributed by atoms with Crippen molar-refractivity contribution in [2.24, 2.45) is 0 Å². The second-order valence-electron chi connectivity index (χ2n) is 5.29. The molecule has 7 nitrogen and oxygen atoms in total. The van der Waals surface area contributed by atoms with E-state index in [-0.39, 0.29) is 0 Å². The van der Waals surface area contributed by atoms with Crippen LogP contribution in [0.3, 0.4) is 0 Å². The van der Waals surface area contributed by atoms with Crippen molar-refractivity contribution in [3.63, 3.8) is 0 Å². The minimum Gasteiger partial charge on any atom is -0.361 e. The molecule has 0 atom stereocenters. The van der Waals surface area contributed by atoms with E-state index in [2.05, 4.69) is 30.4 Å². The highest BCUT2D eigenvalue weighted by Gasteiger charge is 2.09. The monoisotopic (exact) mass is 318 g/mol. The molecule has 0 saturated heterocycles. The summed E-state index contributed by atoms with van der Waals surface area (Å²) in [7, 11) is 0. The fraction of sp³-hybridized carbons (Fsp3) is 0.118. The molecule has 0 aliphatic heterocycles. The van der Waals surface area contributed by atoms with Crippen LogP contribution in [0.2, 0.25) is 0 Å². The van der Waals surface area contributed by atoms with Gasteiger partial charge in [0.1, 0.15) is 17.5 Å². The van der Waals surface area contributed by atoms with Crippen LogP contribution in [0.5, 0.6) is 0 Å². The fourth-order valence-electron chi connectivity index (χ4n) is 2.37. The quantitative estimate of drug-likeness (QED) is 0.618. The Hall–Kier alpha value is -3.35. The Bertz CT molecular complexity index is 983. The van der Waals surface area contributed by atoms with Crippen molar-refractivity contribution in [1.82, 2.24) is 25.1 Å². The summed E-state index contributed by atoms with van der Waals surface area (Å²) in [6, 6.07) is 11.4. The zero-order valence-electron chi connectivity index (χ0n) is 13.0. The van der Waals surface area contributed by atoms with Gasteiger partial charge in [-0.2, -0.15) is 0 Å². The molecule has 4 aromatic heterocycles. The second-order valence-corrected chi connectivity index (χ2v) is 5.29. The Morgan fingerprint density at radius 1 is 1.04 bits per heavy atom. The van der Waals surface area contributed by atoms with Gasteiger partial charge in [0.05, 0.1) is 17.8 Å². The number of fused-ring (bicyclic) bond motifs is 1. The molecular weight excluding hydrogens is 304 g/mol.